The molecule has 2 heterocycles. The number of hydrogen-bond donors (Lipinski definition) is 1. The summed E-state index contributed by atoms with van der Waals surface area (Å²) in [7, 11) is 0. The predicted molar refractivity (Wildman–Crippen MR) is 55.6 cm³/mol. The Morgan fingerprint density at radius 3 is 3.00 bits per heavy atom. The number of benzene rings is 1. The third-order valence-corrected chi connectivity index (χ3v) is 2.86. The number of aliphatic hydroxyl groups excluding tert-OH is 1. The van der Waals surface area contributed by atoms with E-state index in [4.69, 9.17) is 4.74 Å². The fourth-order valence-corrected chi connectivity index (χ4v) is 2.04. The van der Waals surface area contributed by atoms with Gasteiger partial charge < -0.3 is 14.4 Å². The standard InChI is InChI=1S/C11H12N2O2/c14-11-6-15-5-10(11)13-7-12-8-3-1-2-4-9(8)13/h1-4,7,10-11,14H,5-6H2. The molecule has 1 aliphatic heterocycles. The maximum Gasteiger partial charge on any atom is 0.100 e. The van der Waals surface area contributed by atoms with Gasteiger partial charge in [-0.3, -0.25) is 0 Å². The van der Waals surface area contributed by atoms with E-state index in [-0.39, 0.29) is 6.04 Å². The topological polar surface area (TPSA) is 47.3 Å². The Labute approximate surface area is 87.1 Å². The first-order chi connectivity index (χ1) is 7.36. The van der Waals surface area contributed by atoms with E-state index < -0.39 is 6.10 Å². The highest BCUT2D eigenvalue weighted by atomic mass is 16.5. The number of rotatable bonds is 1. The van der Waals surface area contributed by atoms with E-state index in [1.54, 1.807) is 6.33 Å². The van der Waals surface area contributed by atoms with Crippen molar-refractivity contribution >= 4 is 11.0 Å². The van der Waals surface area contributed by atoms with Crippen molar-refractivity contribution < 1.29 is 9.84 Å². The van der Waals surface area contributed by atoms with Gasteiger partial charge in [-0.2, -0.15) is 0 Å². The molecule has 0 spiro atoms. The van der Waals surface area contributed by atoms with Crippen molar-refractivity contribution in [2.45, 2.75) is 12.1 Å². The zero-order chi connectivity index (χ0) is 10.3. The van der Waals surface area contributed by atoms with Crippen LogP contribution in [-0.4, -0.2) is 34.0 Å². The van der Waals surface area contributed by atoms with Gasteiger partial charge in [-0.25, -0.2) is 4.98 Å². The van der Waals surface area contributed by atoms with Crippen LogP contribution in [0.2, 0.25) is 0 Å². The van der Waals surface area contributed by atoms with Crippen molar-refractivity contribution in [2.75, 3.05) is 13.2 Å². The smallest absolute Gasteiger partial charge is 0.100 e. The summed E-state index contributed by atoms with van der Waals surface area (Å²) in [5.41, 5.74) is 2.00. The van der Waals surface area contributed by atoms with Gasteiger partial charge in [-0.1, -0.05) is 12.1 Å². The summed E-state index contributed by atoms with van der Waals surface area (Å²) in [6, 6.07) is 7.91. The molecule has 78 valence electrons. The number of para-hydroxylation sites is 2. The second kappa shape index (κ2) is 3.32. The van der Waals surface area contributed by atoms with Gasteiger partial charge >= 0.3 is 0 Å². The van der Waals surface area contributed by atoms with Gasteiger partial charge in [0, 0.05) is 0 Å². The van der Waals surface area contributed by atoms with E-state index in [1.165, 1.54) is 0 Å². The summed E-state index contributed by atoms with van der Waals surface area (Å²) in [6.45, 7) is 0.971. The first-order valence-electron chi connectivity index (χ1n) is 5.03. The van der Waals surface area contributed by atoms with E-state index in [2.05, 4.69) is 4.98 Å². The maximum atomic E-state index is 9.75. The SMILES string of the molecule is OC1COCC1n1cnc2ccccc21. The van der Waals surface area contributed by atoms with Crippen molar-refractivity contribution in [3.63, 3.8) is 0 Å². The first-order valence-corrected chi connectivity index (χ1v) is 5.03. The molecule has 15 heavy (non-hydrogen) atoms. The van der Waals surface area contributed by atoms with E-state index in [9.17, 15) is 5.11 Å². The van der Waals surface area contributed by atoms with Crippen molar-refractivity contribution in [1.29, 1.82) is 0 Å². The Morgan fingerprint density at radius 2 is 2.20 bits per heavy atom. The number of fused-ring (bicyclic) bond motifs is 1. The number of aliphatic hydroxyl groups is 1. The summed E-state index contributed by atoms with van der Waals surface area (Å²) >= 11 is 0. The zero-order valence-corrected chi connectivity index (χ0v) is 8.21. The number of aromatic nitrogens is 2. The monoisotopic (exact) mass is 204 g/mol. The summed E-state index contributed by atoms with van der Waals surface area (Å²) in [5.74, 6) is 0. The van der Waals surface area contributed by atoms with Gasteiger partial charge in [0.15, 0.2) is 0 Å². The molecule has 2 aromatic rings. The number of nitrogens with zero attached hydrogens (tertiary/aromatic N) is 2. The largest absolute Gasteiger partial charge is 0.388 e. The molecule has 2 atom stereocenters. The van der Waals surface area contributed by atoms with Gasteiger partial charge in [0.05, 0.1) is 36.6 Å². The Kier molecular flexibility index (Phi) is 1.97. The third-order valence-electron chi connectivity index (χ3n) is 2.86. The van der Waals surface area contributed by atoms with Crippen molar-refractivity contribution in [3.8, 4) is 0 Å². The molecule has 0 saturated carbocycles. The molecule has 1 aromatic heterocycles. The summed E-state index contributed by atoms with van der Waals surface area (Å²) in [5, 5.41) is 9.75. The molecule has 1 N–H and O–H groups in total. The van der Waals surface area contributed by atoms with Crippen LogP contribution in [0.25, 0.3) is 11.0 Å². The minimum atomic E-state index is -0.428. The van der Waals surface area contributed by atoms with Crippen LogP contribution in [0.1, 0.15) is 6.04 Å². The highest BCUT2D eigenvalue weighted by molar-refractivity contribution is 5.75. The second-order valence-corrected chi connectivity index (χ2v) is 3.81. The predicted octanol–water partition coefficient (Wildman–Crippen LogP) is 0.968. The molecule has 0 amide bonds. The highest BCUT2D eigenvalue weighted by Crippen LogP contribution is 2.24. The van der Waals surface area contributed by atoms with Crippen LogP contribution < -0.4 is 0 Å². The van der Waals surface area contributed by atoms with Crippen LogP contribution in [-0.2, 0) is 4.74 Å². The fraction of sp³-hybridized carbons (Fsp3) is 0.364. The lowest BCUT2D eigenvalue weighted by Crippen LogP contribution is -2.21. The molecular weight excluding hydrogens is 192 g/mol. The molecule has 0 aliphatic carbocycles. The van der Waals surface area contributed by atoms with Crippen molar-refractivity contribution in [3.05, 3.63) is 30.6 Å². The summed E-state index contributed by atoms with van der Waals surface area (Å²) in [4.78, 5) is 4.29. The van der Waals surface area contributed by atoms with Gasteiger partial charge in [0.25, 0.3) is 0 Å². The van der Waals surface area contributed by atoms with E-state index in [1.807, 2.05) is 28.8 Å². The van der Waals surface area contributed by atoms with Gasteiger partial charge in [0.2, 0.25) is 0 Å². The third kappa shape index (κ3) is 1.33. The molecule has 1 aliphatic rings. The van der Waals surface area contributed by atoms with Crippen LogP contribution in [0.4, 0.5) is 0 Å². The molecule has 4 nitrogen and oxygen atoms in total. The zero-order valence-electron chi connectivity index (χ0n) is 8.21. The average molecular weight is 204 g/mol. The lowest BCUT2D eigenvalue weighted by Gasteiger charge is -2.14. The molecule has 0 radical (unpaired) electrons. The number of ether oxygens (including phenoxy) is 1. The molecular formula is C11H12N2O2. The Morgan fingerprint density at radius 1 is 1.33 bits per heavy atom. The van der Waals surface area contributed by atoms with E-state index >= 15 is 0 Å². The van der Waals surface area contributed by atoms with E-state index in [0.29, 0.717) is 13.2 Å². The first kappa shape index (κ1) is 8.88. The molecule has 1 saturated heterocycles. The molecule has 0 bridgehead atoms. The number of imidazole rings is 1. The van der Waals surface area contributed by atoms with Crippen LogP contribution in [0, 0.1) is 0 Å². The van der Waals surface area contributed by atoms with E-state index in [0.717, 1.165) is 11.0 Å². The summed E-state index contributed by atoms with van der Waals surface area (Å²) < 4.78 is 7.24. The van der Waals surface area contributed by atoms with Crippen LogP contribution >= 0.6 is 0 Å². The van der Waals surface area contributed by atoms with Crippen LogP contribution in [0.3, 0.4) is 0 Å². The van der Waals surface area contributed by atoms with Crippen molar-refractivity contribution in [2.24, 2.45) is 0 Å². The quantitative estimate of drug-likeness (QED) is 0.753. The van der Waals surface area contributed by atoms with Crippen LogP contribution in [0.15, 0.2) is 30.6 Å². The highest BCUT2D eigenvalue weighted by Gasteiger charge is 2.28. The Hall–Kier alpha value is -1.39. The lowest BCUT2D eigenvalue weighted by molar-refractivity contribution is 0.120. The average Bonchev–Trinajstić information content (AvgIpc) is 2.83. The normalized spacial score (nSPS) is 26.2. The minimum absolute atomic E-state index is 0.00241. The lowest BCUT2D eigenvalue weighted by atomic mass is 10.2. The van der Waals surface area contributed by atoms with Crippen LogP contribution in [0.5, 0.6) is 0 Å². The van der Waals surface area contributed by atoms with Gasteiger partial charge in [-0.15, -0.1) is 0 Å². The fourth-order valence-electron chi connectivity index (χ4n) is 2.04. The molecule has 3 rings (SSSR count). The Bertz CT molecular complexity index is 480. The van der Waals surface area contributed by atoms with Gasteiger partial charge in [0.1, 0.15) is 6.10 Å². The maximum absolute atomic E-state index is 9.75. The van der Waals surface area contributed by atoms with Gasteiger partial charge in [-0.05, 0) is 12.1 Å². The molecule has 1 fully saturated rings. The van der Waals surface area contributed by atoms with Crippen molar-refractivity contribution in [1.82, 2.24) is 9.55 Å². The Balaban J connectivity index is 2.10. The second-order valence-electron chi connectivity index (χ2n) is 3.81. The minimum Gasteiger partial charge on any atom is -0.388 e. The number of hydrogen-bond acceptors (Lipinski definition) is 3. The molecule has 4 heteroatoms. The molecule has 1 aromatic carbocycles. The summed E-state index contributed by atoms with van der Waals surface area (Å²) in [6.07, 6.45) is 1.34. The molecule has 2 unspecified atom stereocenters.